The minimum Gasteiger partial charge on any atom is -0.481 e. The summed E-state index contributed by atoms with van der Waals surface area (Å²) in [5.74, 6) is -0.697. The molecule has 1 aliphatic rings. The number of carbonyl (C=O) groups is 2. The van der Waals surface area contributed by atoms with Crippen LogP contribution in [0.2, 0.25) is 0 Å². The van der Waals surface area contributed by atoms with Crippen LogP contribution in [0.5, 0.6) is 0 Å². The lowest BCUT2D eigenvalue weighted by molar-refractivity contribution is -0.145. The molecule has 0 aromatic carbocycles. The summed E-state index contributed by atoms with van der Waals surface area (Å²) < 4.78 is 10.2. The number of rotatable bonds is 4. The molecule has 0 atom stereocenters. The van der Waals surface area contributed by atoms with Crippen molar-refractivity contribution in [1.82, 2.24) is 10.5 Å². The van der Waals surface area contributed by atoms with Gasteiger partial charge in [0.05, 0.1) is 12.2 Å². The van der Waals surface area contributed by atoms with Gasteiger partial charge in [-0.3, -0.25) is 9.59 Å². The molecule has 0 aliphatic heterocycles. The number of carboxylic acids is 1. The van der Waals surface area contributed by atoms with E-state index in [1.165, 1.54) is 12.3 Å². The van der Waals surface area contributed by atoms with E-state index in [4.69, 9.17) is 14.0 Å². The summed E-state index contributed by atoms with van der Waals surface area (Å²) in [6, 6.07) is 4.78. The maximum absolute atomic E-state index is 11.9. The van der Waals surface area contributed by atoms with Gasteiger partial charge in [0, 0.05) is 12.1 Å². The second-order valence-electron chi connectivity index (χ2n) is 4.73. The van der Waals surface area contributed by atoms with Crippen LogP contribution in [-0.2, 0) is 4.79 Å². The maximum Gasteiger partial charge on any atom is 0.306 e. The zero-order chi connectivity index (χ0) is 14.1. The number of carbonyl (C=O) groups excluding carboxylic acids is 1. The Hall–Kier alpha value is -2.57. The number of carboxylic acid groups (broad SMARTS) is 1. The molecule has 0 radical (unpaired) electrons. The number of hydrogen-bond donors (Lipinski definition) is 2. The Morgan fingerprint density at radius 3 is 2.80 bits per heavy atom. The molecule has 7 nitrogen and oxygen atoms in total. The molecule has 2 aromatic heterocycles. The van der Waals surface area contributed by atoms with Crippen molar-refractivity contribution in [2.75, 3.05) is 0 Å². The van der Waals surface area contributed by atoms with Crippen molar-refractivity contribution in [2.24, 2.45) is 5.92 Å². The van der Waals surface area contributed by atoms with Gasteiger partial charge in [0.15, 0.2) is 11.5 Å². The van der Waals surface area contributed by atoms with Gasteiger partial charge in [-0.05, 0) is 25.0 Å². The molecule has 1 saturated carbocycles. The summed E-state index contributed by atoms with van der Waals surface area (Å²) in [7, 11) is 0. The lowest BCUT2D eigenvalue weighted by Gasteiger charge is -2.32. The maximum atomic E-state index is 11.9. The molecule has 1 amide bonds. The first-order valence-electron chi connectivity index (χ1n) is 6.18. The number of amides is 1. The highest BCUT2D eigenvalue weighted by Gasteiger charge is 2.35. The topological polar surface area (TPSA) is 106 Å². The Kier molecular flexibility index (Phi) is 3.02. The molecule has 104 valence electrons. The SMILES string of the molecule is O=C(NC1CC(C(=O)O)C1)c1cc(-c2ccco2)on1. The van der Waals surface area contributed by atoms with Crippen LogP contribution >= 0.6 is 0 Å². The molecule has 20 heavy (non-hydrogen) atoms. The van der Waals surface area contributed by atoms with Crippen LogP contribution in [0.25, 0.3) is 11.5 Å². The Labute approximate surface area is 113 Å². The zero-order valence-electron chi connectivity index (χ0n) is 10.4. The minimum absolute atomic E-state index is 0.118. The van der Waals surface area contributed by atoms with E-state index in [0.29, 0.717) is 24.4 Å². The van der Waals surface area contributed by atoms with Crippen LogP contribution in [0.3, 0.4) is 0 Å². The molecule has 0 saturated heterocycles. The minimum atomic E-state index is -0.822. The fraction of sp³-hybridized carbons (Fsp3) is 0.308. The largest absolute Gasteiger partial charge is 0.481 e. The standard InChI is InChI=1S/C13H12N2O5/c16-12(14-8-4-7(5-8)13(17)18)9-6-11(20-15-9)10-2-1-3-19-10/h1-3,6-8H,4-5H2,(H,14,16)(H,17,18). The molecule has 1 fully saturated rings. The van der Waals surface area contributed by atoms with Gasteiger partial charge in [-0.1, -0.05) is 5.16 Å². The van der Waals surface area contributed by atoms with Crippen molar-refractivity contribution < 1.29 is 23.6 Å². The van der Waals surface area contributed by atoms with Crippen molar-refractivity contribution in [3.05, 3.63) is 30.2 Å². The summed E-state index contributed by atoms with van der Waals surface area (Å²) >= 11 is 0. The first-order chi connectivity index (χ1) is 9.63. The van der Waals surface area contributed by atoms with Crippen molar-refractivity contribution in [3.8, 4) is 11.5 Å². The molecule has 7 heteroatoms. The van der Waals surface area contributed by atoms with Gasteiger partial charge in [0.25, 0.3) is 5.91 Å². The van der Waals surface area contributed by atoms with E-state index in [2.05, 4.69) is 10.5 Å². The second kappa shape index (κ2) is 4.84. The highest BCUT2D eigenvalue weighted by molar-refractivity contribution is 5.93. The molecular weight excluding hydrogens is 264 g/mol. The quantitative estimate of drug-likeness (QED) is 0.877. The average Bonchev–Trinajstić information content (AvgIpc) is 3.01. The lowest BCUT2D eigenvalue weighted by atomic mass is 9.80. The number of furan rings is 1. The Bertz CT molecular complexity index is 625. The normalized spacial score (nSPS) is 21.2. The third kappa shape index (κ3) is 2.29. The predicted molar refractivity (Wildman–Crippen MR) is 65.8 cm³/mol. The lowest BCUT2D eigenvalue weighted by Crippen LogP contribution is -2.46. The van der Waals surface area contributed by atoms with E-state index < -0.39 is 5.97 Å². The first kappa shape index (κ1) is 12.5. The number of nitrogens with zero attached hydrogens (tertiary/aromatic N) is 1. The van der Waals surface area contributed by atoms with Gasteiger partial charge >= 0.3 is 5.97 Å². The highest BCUT2D eigenvalue weighted by Crippen LogP contribution is 2.28. The van der Waals surface area contributed by atoms with Crippen LogP contribution < -0.4 is 5.32 Å². The van der Waals surface area contributed by atoms with Crippen molar-refractivity contribution >= 4 is 11.9 Å². The van der Waals surface area contributed by atoms with E-state index >= 15 is 0 Å². The summed E-state index contributed by atoms with van der Waals surface area (Å²) in [4.78, 5) is 22.6. The van der Waals surface area contributed by atoms with E-state index in [1.54, 1.807) is 12.1 Å². The summed E-state index contributed by atoms with van der Waals surface area (Å²) in [5.41, 5.74) is 0.148. The Balaban J connectivity index is 1.60. The van der Waals surface area contributed by atoms with E-state index in [0.717, 1.165) is 0 Å². The fourth-order valence-corrected chi connectivity index (χ4v) is 2.11. The Morgan fingerprint density at radius 2 is 2.15 bits per heavy atom. The molecule has 2 aromatic rings. The van der Waals surface area contributed by atoms with Crippen LogP contribution in [0.15, 0.2) is 33.4 Å². The van der Waals surface area contributed by atoms with Gasteiger partial charge < -0.3 is 19.4 Å². The van der Waals surface area contributed by atoms with E-state index in [9.17, 15) is 9.59 Å². The monoisotopic (exact) mass is 276 g/mol. The molecular formula is C13H12N2O5. The van der Waals surface area contributed by atoms with Crippen molar-refractivity contribution in [3.63, 3.8) is 0 Å². The van der Waals surface area contributed by atoms with Gasteiger partial charge in [-0.15, -0.1) is 0 Å². The smallest absolute Gasteiger partial charge is 0.306 e. The Morgan fingerprint density at radius 1 is 1.35 bits per heavy atom. The van der Waals surface area contributed by atoms with Crippen molar-refractivity contribution in [2.45, 2.75) is 18.9 Å². The van der Waals surface area contributed by atoms with E-state index in [1.807, 2.05) is 0 Å². The van der Waals surface area contributed by atoms with Crippen LogP contribution in [0.4, 0.5) is 0 Å². The average molecular weight is 276 g/mol. The van der Waals surface area contributed by atoms with Gasteiger partial charge in [0.1, 0.15) is 0 Å². The molecule has 0 bridgehead atoms. The van der Waals surface area contributed by atoms with Gasteiger partial charge in [-0.25, -0.2) is 0 Å². The van der Waals surface area contributed by atoms with E-state index in [-0.39, 0.29) is 23.6 Å². The van der Waals surface area contributed by atoms with Gasteiger partial charge in [-0.2, -0.15) is 0 Å². The zero-order valence-corrected chi connectivity index (χ0v) is 10.4. The molecule has 2 heterocycles. The molecule has 1 aliphatic carbocycles. The fourth-order valence-electron chi connectivity index (χ4n) is 2.11. The molecule has 2 N–H and O–H groups in total. The number of aromatic nitrogens is 1. The first-order valence-corrected chi connectivity index (χ1v) is 6.18. The number of hydrogen-bond acceptors (Lipinski definition) is 5. The third-order valence-corrected chi connectivity index (χ3v) is 3.33. The molecule has 3 rings (SSSR count). The van der Waals surface area contributed by atoms with Crippen LogP contribution in [0, 0.1) is 5.92 Å². The van der Waals surface area contributed by atoms with Crippen LogP contribution in [-0.4, -0.2) is 28.2 Å². The van der Waals surface area contributed by atoms with Gasteiger partial charge in [0.2, 0.25) is 5.76 Å². The summed E-state index contributed by atoms with van der Waals surface area (Å²) in [5, 5.41) is 15.2. The summed E-state index contributed by atoms with van der Waals surface area (Å²) in [6.45, 7) is 0. The predicted octanol–water partition coefficient (Wildman–Crippen LogP) is 1.53. The third-order valence-electron chi connectivity index (χ3n) is 3.33. The second-order valence-corrected chi connectivity index (χ2v) is 4.73. The van der Waals surface area contributed by atoms with Crippen LogP contribution in [0.1, 0.15) is 23.3 Å². The van der Waals surface area contributed by atoms with Crippen molar-refractivity contribution in [1.29, 1.82) is 0 Å². The number of aliphatic carboxylic acids is 1. The summed E-state index contributed by atoms with van der Waals surface area (Å²) in [6.07, 6.45) is 2.39. The number of nitrogens with one attached hydrogen (secondary N) is 1. The molecule has 0 unspecified atom stereocenters. The molecule has 0 spiro atoms. The highest BCUT2D eigenvalue weighted by atomic mass is 16.5.